The molecule has 0 heterocycles. The van der Waals surface area contributed by atoms with E-state index >= 15 is 0 Å². The lowest BCUT2D eigenvalue weighted by Crippen LogP contribution is -2.09. The van der Waals surface area contributed by atoms with E-state index in [1.54, 1.807) is 0 Å². The lowest BCUT2D eigenvalue weighted by molar-refractivity contribution is 0.589. The number of alkyl halides is 1. The van der Waals surface area contributed by atoms with Gasteiger partial charge in [-0.05, 0) is 72.6 Å². The molecule has 0 N–H and O–H groups in total. The van der Waals surface area contributed by atoms with Gasteiger partial charge in [-0.15, -0.1) is 11.6 Å². The molecule has 0 unspecified atom stereocenters. The number of rotatable bonds is 11. The Labute approximate surface area is 137 Å². The second-order valence-electron chi connectivity index (χ2n) is 6.61. The van der Waals surface area contributed by atoms with Crippen LogP contribution in [0, 0.1) is 0 Å². The predicted octanol–water partition coefficient (Wildman–Crippen LogP) is 7.37. The van der Waals surface area contributed by atoms with Crippen molar-refractivity contribution in [3.63, 3.8) is 0 Å². The van der Waals surface area contributed by atoms with Crippen LogP contribution in [0.4, 0.5) is 0 Å². The summed E-state index contributed by atoms with van der Waals surface area (Å²) in [7, 11) is 0. The largest absolute Gasteiger partial charge is 0.120 e. The molecule has 0 aliphatic rings. The second-order valence-corrected chi connectivity index (χ2v) is 7.64. The highest BCUT2D eigenvalue weighted by atomic mass is 35.5. The monoisotopic (exact) mass is 308 g/mol. The third-order valence-corrected chi connectivity index (χ3v) is 3.81. The smallest absolute Gasteiger partial charge is 0.0390 e. The summed E-state index contributed by atoms with van der Waals surface area (Å²) < 4.78 is 0. The predicted molar refractivity (Wildman–Crippen MR) is 99.1 cm³/mol. The van der Waals surface area contributed by atoms with E-state index in [0.717, 1.165) is 44.1 Å². The average molecular weight is 309 g/mol. The molecule has 0 nitrogen and oxygen atoms in total. The fourth-order valence-electron chi connectivity index (χ4n) is 2.14. The SMILES string of the molecule is C=CC(=C)CCC=C(C)CCC=C(C)CCCC(C)(C)Cl. The molecule has 0 fully saturated rings. The van der Waals surface area contributed by atoms with E-state index in [0.29, 0.717) is 0 Å². The van der Waals surface area contributed by atoms with Gasteiger partial charge < -0.3 is 0 Å². The molecule has 0 rings (SSSR count). The van der Waals surface area contributed by atoms with Crippen molar-refractivity contribution in [3.05, 3.63) is 48.1 Å². The van der Waals surface area contributed by atoms with Crippen molar-refractivity contribution in [1.29, 1.82) is 0 Å². The highest BCUT2D eigenvalue weighted by Crippen LogP contribution is 2.22. The standard InChI is InChI=1S/C20H33Cl/c1-7-17(2)11-8-12-18(3)13-9-14-19(4)15-10-16-20(5,6)21/h7,12,14H,1-2,8-11,13,15-16H2,3-6H3. The van der Waals surface area contributed by atoms with Crippen LogP contribution in [0.3, 0.4) is 0 Å². The van der Waals surface area contributed by atoms with Crippen molar-refractivity contribution >= 4 is 11.6 Å². The van der Waals surface area contributed by atoms with Gasteiger partial charge in [-0.25, -0.2) is 0 Å². The quantitative estimate of drug-likeness (QED) is 0.212. The van der Waals surface area contributed by atoms with Gasteiger partial charge in [-0.1, -0.05) is 48.1 Å². The van der Waals surface area contributed by atoms with Crippen molar-refractivity contribution in [2.45, 2.75) is 77.5 Å². The van der Waals surface area contributed by atoms with E-state index in [9.17, 15) is 0 Å². The number of halogens is 1. The number of hydrogen-bond donors (Lipinski definition) is 0. The Bertz CT molecular complexity index is 377. The van der Waals surface area contributed by atoms with Crippen LogP contribution in [0.15, 0.2) is 48.1 Å². The normalized spacial score (nSPS) is 13.4. The van der Waals surface area contributed by atoms with Crippen molar-refractivity contribution in [2.24, 2.45) is 0 Å². The molecule has 0 saturated heterocycles. The van der Waals surface area contributed by atoms with E-state index in [2.05, 4.69) is 53.0 Å². The minimum Gasteiger partial charge on any atom is -0.120 e. The lowest BCUT2D eigenvalue weighted by atomic mass is 10.0. The van der Waals surface area contributed by atoms with Gasteiger partial charge in [0.25, 0.3) is 0 Å². The van der Waals surface area contributed by atoms with Crippen LogP contribution in [0.25, 0.3) is 0 Å². The molecular formula is C20H33Cl. The Hall–Kier alpha value is -0.750. The fraction of sp³-hybridized carbons (Fsp3) is 0.600. The van der Waals surface area contributed by atoms with E-state index in [1.807, 2.05) is 6.08 Å². The summed E-state index contributed by atoms with van der Waals surface area (Å²) in [6.07, 6.45) is 14.3. The average Bonchev–Trinajstić information content (AvgIpc) is 2.36. The maximum Gasteiger partial charge on any atom is 0.0390 e. The van der Waals surface area contributed by atoms with Crippen LogP contribution in [0.5, 0.6) is 0 Å². The summed E-state index contributed by atoms with van der Waals surface area (Å²) in [6, 6.07) is 0. The summed E-state index contributed by atoms with van der Waals surface area (Å²) >= 11 is 6.20. The van der Waals surface area contributed by atoms with Crippen molar-refractivity contribution < 1.29 is 0 Å². The molecule has 0 saturated carbocycles. The summed E-state index contributed by atoms with van der Waals surface area (Å²) in [5, 5.41) is 0. The van der Waals surface area contributed by atoms with Gasteiger partial charge in [0, 0.05) is 4.87 Å². The van der Waals surface area contributed by atoms with Crippen LogP contribution in [0.1, 0.15) is 72.6 Å². The topological polar surface area (TPSA) is 0 Å². The van der Waals surface area contributed by atoms with Gasteiger partial charge in [0.1, 0.15) is 0 Å². The van der Waals surface area contributed by atoms with Gasteiger partial charge >= 0.3 is 0 Å². The maximum absolute atomic E-state index is 6.20. The second kappa shape index (κ2) is 10.9. The molecule has 0 aromatic heterocycles. The van der Waals surface area contributed by atoms with Crippen LogP contribution >= 0.6 is 11.6 Å². The summed E-state index contributed by atoms with van der Waals surface area (Å²) in [4.78, 5) is -0.0605. The third-order valence-electron chi connectivity index (χ3n) is 3.62. The molecule has 1 heteroatoms. The minimum atomic E-state index is -0.0605. The highest BCUT2D eigenvalue weighted by molar-refractivity contribution is 6.23. The first-order chi connectivity index (χ1) is 9.74. The first-order valence-electron chi connectivity index (χ1n) is 8.05. The Morgan fingerprint density at radius 2 is 1.52 bits per heavy atom. The Morgan fingerprint density at radius 3 is 2.05 bits per heavy atom. The van der Waals surface area contributed by atoms with Crippen LogP contribution in [-0.2, 0) is 0 Å². The zero-order valence-corrected chi connectivity index (χ0v) is 15.2. The number of allylic oxidation sites excluding steroid dienone is 6. The first-order valence-corrected chi connectivity index (χ1v) is 8.43. The summed E-state index contributed by atoms with van der Waals surface area (Å²) in [6.45, 7) is 16.3. The molecule has 0 atom stereocenters. The van der Waals surface area contributed by atoms with E-state index in [1.165, 1.54) is 17.6 Å². The van der Waals surface area contributed by atoms with Gasteiger partial charge in [0.15, 0.2) is 0 Å². The molecule has 0 amide bonds. The van der Waals surface area contributed by atoms with Gasteiger partial charge in [0.2, 0.25) is 0 Å². The van der Waals surface area contributed by atoms with E-state index < -0.39 is 0 Å². The van der Waals surface area contributed by atoms with E-state index in [4.69, 9.17) is 11.6 Å². The summed E-state index contributed by atoms with van der Waals surface area (Å²) in [5.41, 5.74) is 4.08. The van der Waals surface area contributed by atoms with Crippen molar-refractivity contribution in [2.75, 3.05) is 0 Å². The van der Waals surface area contributed by atoms with Crippen LogP contribution in [-0.4, -0.2) is 4.87 Å². The van der Waals surface area contributed by atoms with Crippen molar-refractivity contribution in [1.82, 2.24) is 0 Å². The van der Waals surface area contributed by atoms with Crippen LogP contribution < -0.4 is 0 Å². The Kier molecular flexibility index (Phi) is 10.5. The maximum atomic E-state index is 6.20. The highest BCUT2D eigenvalue weighted by Gasteiger charge is 2.11. The third kappa shape index (κ3) is 14.0. The lowest BCUT2D eigenvalue weighted by Gasteiger charge is -2.14. The molecule has 120 valence electrons. The molecule has 0 aliphatic heterocycles. The minimum absolute atomic E-state index is 0.0605. The molecule has 0 spiro atoms. The zero-order valence-electron chi connectivity index (χ0n) is 14.5. The molecule has 0 aromatic rings. The van der Waals surface area contributed by atoms with Crippen LogP contribution in [0.2, 0.25) is 0 Å². The molecule has 0 radical (unpaired) electrons. The van der Waals surface area contributed by atoms with E-state index in [-0.39, 0.29) is 4.87 Å². The first kappa shape index (κ1) is 20.2. The Morgan fingerprint density at radius 1 is 1.00 bits per heavy atom. The van der Waals surface area contributed by atoms with Crippen molar-refractivity contribution in [3.8, 4) is 0 Å². The zero-order chi connectivity index (χ0) is 16.3. The molecule has 21 heavy (non-hydrogen) atoms. The van der Waals surface area contributed by atoms with Gasteiger partial charge in [0.05, 0.1) is 0 Å². The fourth-order valence-corrected chi connectivity index (χ4v) is 2.28. The van der Waals surface area contributed by atoms with Gasteiger partial charge in [-0.2, -0.15) is 0 Å². The van der Waals surface area contributed by atoms with Gasteiger partial charge in [-0.3, -0.25) is 0 Å². The molecular weight excluding hydrogens is 276 g/mol. The number of hydrogen-bond acceptors (Lipinski definition) is 0. The molecule has 0 bridgehead atoms. The molecule has 0 aromatic carbocycles. The Balaban J connectivity index is 3.88. The summed E-state index contributed by atoms with van der Waals surface area (Å²) in [5.74, 6) is 0. The molecule has 0 aliphatic carbocycles.